The first-order valence-electron chi connectivity index (χ1n) is 8.61. The maximum atomic E-state index is 13.6. The minimum absolute atomic E-state index is 0.292. The van der Waals surface area contributed by atoms with Gasteiger partial charge in [-0.05, 0) is 47.9 Å². The Hall–Kier alpha value is -3.21. The Morgan fingerprint density at radius 3 is 2.37 bits per heavy atom. The molecule has 3 aromatic carbocycles. The Labute approximate surface area is 156 Å². The lowest BCUT2D eigenvalue weighted by molar-refractivity contribution is 0.0949. The summed E-state index contributed by atoms with van der Waals surface area (Å²) in [5.41, 5.74) is 1.80. The SMILES string of the molecule is O=C(NCCc1ccc(OCc2ccccc2)cc1)c1cc(F)ccc1F. The quantitative estimate of drug-likeness (QED) is 0.667. The lowest BCUT2D eigenvalue weighted by Gasteiger charge is -2.09. The molecule has 27 heavy (non-hydrogen) atoms. The van der Waals surface area contributed by atoms with Gasteiger partial charge < -0.3 is 10.1 Å². The standard InChI is InChI=1S/C22H19F2NO2/c23-18-8-11-21(24)20(14-18)22(26)25-13-12-16-6-9-19(10-7-16)27-15-17-4-2-1-3-5-17/h1-11,14H,12-13,15H2,(H,25,26). The third-order valence-electron chi connectivity index (χ3n) is 4.04. The highest BCUT2D eigenvalue weighted by Gasteiger charge is 2.12. The molecule has 0 saturated carbocycles. The molecule has 0 bridgehead atoms. The third kappa shape index (κ3) is 5.38. The Kier molecular flexibility index (Phi) is 6.15. The Balaban J connectivity index is 1.47. The molecule has 0 aliphatic rings. The first-order chi connectivity index (χ1) is 13.1. The van der Waals surface area contributed by atoms with Crippen molar-refractivity contribution < 1.29 is 18.3 Å². The second-order valence-corrected chi connectivity index (χ2v) is 6.05. The van der Waals surface area contributed by atoms with Crippen molar-refractivity contribution in [1.29, 1.82) is 0 Å². The van der Waals surface area contributed by atoms with Crippen LogP contribution in [0.3, 0.4) is 0 Å². The molecule has 1 N–H and O–H groups in total. The van der Waals surface area contributed by atoms with E-state index in [0.29, 0.717) is 19.6 Å². The lowest BCUT2D eigenvalue weighted by Crippen LogP contribution is -2.26. The summed E-state index contributed by atoms with van der Waals surface area (Å²) in [6.07, 6.45) is 0.571. The average Bonchev–Trinajstić information content (AvgIpc) is 2.70. The molecule has 3 nitrogen and oxygen atoms in total. The number of rotatable bonds is 7. The fourth-order valence-corrected chi connectivity index (χ4v) is 2.58. The van der Waals surface area contributed by atoms with Crippen LogP contribution in [-0.2, 0) is 13.0 Å². The molecule has 0 radical (unpaired) electrons. The Bertz CT molecular complexity index is 896. The van der Waals surface area contributed by atoms with E-state index in [-0.39, 0.29) is 5.56 Å². The van der Waals surface area contributed by atoms with Gasteiger partial charge in [0.15, 0.2) is 0 Å². The van der Waals surface area contributed by atoms with Crippen LogP contribution in [0, 0.1) is 11.6 Å². The van der Waals surface area contributed by atoms with Gasteiger partial charge in [-0.1, -0.05) is 42.5 Å². The van der Waals surface area contributed by atoms with Crippen LogP contribution in [0.5, 0.6) is 5.75 Å². The Morgan fingerprint density at radius 2 is 1.63 bits per heavy atom. The molecule has 1 amide bonds. The van der Waals surface area contributed by atoms with E-state index in [9.17, 15) is 13.6 Å². The van der Waals surface area contributed by atoms with Gasteiger partial charge in [0.2, 0.25) is 0 Å². The smallest absolute Gasteiger partial charge is 0.254 e. The van der Waals surface area contributed by atoms with Crippen LogP contribution in [0.1, 0.15) is 21.5 Å². The summed E-state index contributed by atoms with van der Waals surface area (Å²) in [6.45, 7) is 0.814. The van der Waals surface area contributed by atoms with Crippen molar-refractivity contribution in [2.45, 2.75) is 13.0 Å². The van der Waals surface area contributed by atoms with E-state index in [2.05, 4.69) is 5.32 Å². The van der Waals surface area contributed by atoms with Crippen molar-refractivity contribution in [3.63, 3.8) is 0 Å². The molecule has 138 valence electrons. The molecule has 3 rings (SSSR count). The van der Waals surface area contributed by atoms with Crippen LogP contribution >= 0.6 is 0 Å². The zero-order valence-corrected chi connectivity index (χ0v) is 14.6. The first kappa shape index (κ1) is 18.6. The summed E-state index contributed by atoms with van der Waals surface area (Å²) in [5.74, 6) is -1.26. The van der Waals surface area contributed by atoms with Gasteiger partial charge in [-0.2, -0.15) is 0 Å². The van der Waals surface area contributed by atoms with Crippen LogP contribution in [0.2, 0.25) is 0 Å². The Morgan fingerprint density at radius 1 is 0.889 bits per heavy atom. The molecule has 5 heteroatoms. The van der Waals surface area contributed by atoms with Gasteiger partial charge in [-0.25, -0.2) is 8.78 Å². The number of hydrogen-bond donors (Lipinski definition) is 1. The highest BCUT2D eigenvalue weighted by molar-refractivity contribution is 5.94. The first-order valence-corrected chi connectivity index (χ1v) is 8.61. The molecule has 0 aliphatic carbocycles. The second kappa shape index (κ2) is 8.94. The molecular weight excluding hydrogens is 348 g/mol. The molecule has 0 aromatic heterocycles. The van der Waals surface area contributed by atoms with Crippen molar-refractivity contribution >= 4 is 5.91 Å². The lowest BCUT2D eigenvalue weighted by atomic mass is 10.1. The van der Waals surface area contributed by atoms with Crippen LogP contribution in [-0.4, -0.2) is 12.5 Å². The molecule has 0 saturated heterocycles. The number of hydrogen-bond acceptors (Lipinski definition) is 2. The number of halogens is 2. The van der Waals surface area contributed by atoms with Crippen molar-refractivity contribution in [1.82, 2.24) is 5.32 Å². The van der Waals surface area contributed by atoms with Gasteiger partial charge in [0.25, 0.3) is 5.91 Å². The summed E-state index contributed by atoms with van der Waals surface area (Å²) in [6, 6.07) is 20.3. The molecule has 0 heterocycles. The molecular formula is C22H19F2NO2. The molecule has 0 unspecified atom stereocenters. The maximum Gasteiger partial charge on any atom is 0.254 e. The number of carbonyl (C=O) groups excluding carboxylic acids is 1. The van der Waals surface area contributed by atoms with E-state index < -0.39 is 17.5 Å². The summed E-state index contributed by atoms with van der Waals surface area (Å²) in [5, 5.41) is 2.60. The van der Waals surface area contributed by atoms with Gasteiger partial charge in [0.1, 0.15) is 24.0 Å². The van der Waals surface area contributed by atoms with E-state index in [1.54, 1.807) is 0 Å². The van der Waals surface area contributed by atoms with E-state index in [0.717, 1.165) is 35.1 Å². The largest absolute Gasteiger partial charge is 0.489 e. The van der Waals surface area contributed by atoms with Crippen LogP contribution < -0.4 is 10.1 Å². The zero-order valence-electron chi connectivity index (χ0n) is 14.6. The average molecular weight is 367 g/mol. The zero-order chi connectivity index (χ0) is 19.1. The fourth-order valence-electron chi connectivity index (χ4n) is 2.58. The predicted molar refractivity (Wildman–Crippen MR) is 99.6 cm³/mol. The molecule has 3 aromatic rings. The molecule has 0 aliphatic heterocycles. The molecule has 0 fully saturated rings. The normalized spacial score (nSPS) is 10.4. The molecule has 0 spiro atoms. The van der Waals surface area contributed by atoms with E-state index in [1.165, 1.54) is 0 Å². The van der Waals surface area contributed by atoms with Gasteiger partial charge >= 0.3 is 0 Å². The van der Waals surface area contributed by atoms with Crippen LogP contribution in [0.15, 0.2) is 72.8 Å². The number of nitrogens with one attached hydrogen (secondary N) is 1. The van der Waals surface area contributed by atoms with Crippen molar-refractivity contribution in [3.8, 4) is 5.75 Å². The van der Waals surface area contributed by atoms with Gasteiger partial charge in [-0.15, -0.1) is 0 Å². The van der Waals surface area contributed by atoms with Crippen molar-refractivity contribution in [2.75, 3.05) is 6.54 Å². The number of carbonyl (C=O) groups is 1. The van der Waals surface area contributed by atoms with Crippen molar-refractivity contribution in [2.24, 2.45) is 0 Å². The maximum absolute atomic E-state index is 13.6. The number of amides is 1. The minimum Gasteiger partial charge on any atom is -0.489 e. The van der Waals surface area contributed by atoms with Gasteiger partial charge in [0.05, 0.1) is 5.56 Å². The summed E-state index contributed by atoms with van der Waals surface area (Å²) in [4.78, 5) is 11.9. The van der Waals surface area contributed by atoms with E-state index in [4.69, 9.17) is 4.74 Å². The second-order valence-electron chi connectivity index (χ2n) is 6.05. The van der Waals surface area contributed by atoms with Crippen LogP contribution in [0.25, 0.3) is 0 Å². The van der Waals surface area contributed by atoms with E-state index in [1.807, 2.05) is 54.6 Å². The minimum atomic E-state index is -0.742. The fraction of sp³-hybridized carbons (Fsp3) is 0.136. The number of benzene rings is 3. The summed E-state index contributed by atoms with van der Waals surface area (Å²) >= 11 is 0. The monoisotopic (exact) mass is 367 g/mol. The van der Waals surface area contributed by atoms with Crippen LogP contribution in [0.4, 0.5) is 8.78 Å². The van der Waals surface area contributed by atoms with Gasteiger partial charge in [-0.3, -0.25) is 4.79 Å². The predicted octanol–water partition coefficient (Wildman–Crippen LogP) is 4.52. The third-order valence-corrected chi connectivity index (χ3v) is 4.04. The summed E-state index contributed by atoms with van der Waals surface area (Å²) in [7, 11) is 0. The molecule has 0 atom stereocenters. The van der Waals surface area contributed by atoms with E-state index >= 15 is 0 Å². The highest BCUT2D eigenvalue weighted by atomic mass is 19.1. The number of ether oxygens (including phenoxy) is 1. The van der Waals surface area contributed by atoms with Gasteiger partial charge in [0, 0.05) is 6.54 Å². The van der Waals surface area contributed by atoms with Crippen molar-refractivity contribution in [3.05, 3.63) is 101 Å². The highest BCUT2D eigenvalue weighted by Crippen LogP contribution is 2.15. The summed E-state index contributed by atoms with van der Waals surface area (Å²) < 4.78 is 32.4. The topological polar surface area (TPSA) is 38.3 Å².